The molecule has 108 valence electrons. The van der Waals surface area contributed by atoms with Crippen LogP contribution in [-0.2, 0) is 4.74 Å². The van der Waals surface area contributed by atoms with Crippen LogP contribution in [0.4, 0.5) is 24.5 Å². The minimum atomic E-state index is -3.09. The van der Waals surface area contributed by atoms with Crippen molar-refractivity contribution in [1.82, 2.24) is 0 Å². The van der Waals surface area contributed by atoms with Gasteiger partial charge in [0.1, 0.15) is 0 Å². The molecule has 0 fully saturated rings. The fourth-order valence-electron chi connectivity index (χ4n) is 1.51. The number of rotatable bonds is 7. The zero-order valence-corrected chi connectivity index (χ0v) is 10.8. The van der Waals surface area contributed by atoms with Crippen LogP contribution in [0.15, 0.2) is 12.1 Å². The van der Waals surface area contributed by atoms with Gasteiger partial charge in [0.25, 0.3) is 0 Å². The molecule has 0 aliphatic rings. The van der Waals surface area contributed by atoms with Crippen molar-refractivity contribution in [2.24, 2.45) is 0 Å². The highest BCUT2D eigenvalue weighted by molar-refractivity contribution is 5.68. The van der Waals surface area contributed by atoms with Gasteiger partial charge < -0.3 is 20.5 Å². The van der Waals surface area contributed by atoms with E-state index in [1.165, 1.54) is 0 Å². The fraction of sp³-hybridized carbons (Fsp3) is 0.500. The minimum Gasteiger partial charge on any atom is -0.432 e. The number of hydrogen-bond acceptors (Lipinski definition) is 4. The first kappa shape index (κ1) is 15.4. The Balaban J connectivity index is 2.77. The average molecular weight is 278 g/mol. The van der Waals surface area contributed by atoms with E-state index in [2.05, 4.69) is 10.1 Å². The van der Waals surface area contributed by atoms with Gasteiger partial charge in [-0.1, -0.05) is 0 Å². The molecule has 1 aromatic carbocycles. The van der Waals surface area contributed by atoms with Crippen molar-refractivity contribution in [3.8, 4) is 5.75 Å². The highest BCUT2D eigenvalue weighted by atomic mass is 19.3. The predicted octanol–water partition coefficient (Wildman–Crippen LogP) is 2.85. The molecule has 0 aromatic heterocycles. The van der Waals surface area contributed by atoms with Crippen molar-refractivity contribution in [3.63, 3.8) is 0 Å². The lowest BCUT2D eigenvalue weighted by Gasteiger charge is -2.16. The molecule has 0 saturated carbocycles. The fourth-order valence-corrected chi connectivity index (χ4v) is 1.51. The molecule has 7 heteroatoms. The summed E-state index contributed by atoms with van der Waals surface area (Å²) < 4.78 is 46.8. The first-order chi connectivity index (χ1) is 8.93. The number of alkyl halides is 2. The van der Waals surface area contributed by atoms with Crippen LogP contribution in [0, 0.1) is 5.82 Å². The number of nitrogens with two attached hydrogens (primary N) is 1. The minimum absolute atomic E-state index is 0.0890. The highest BCUT2D eigenvalue weighted by Gasteiger charge is 2.13. The zero-order chi connectivity index (χ0) is 14.4. The predicted molar refractivity (Wildman–Crippen MR) is 67.0 cm³/mol. The quantitative estimate of drug-likeness (QED) is 0.753. The van der Waals surface area contributed by atoms with Crippen molar-refractivity contribution in [2.75, 3.05) is 24.2 Å². The Morgan fingerprint density at radius 1 is 1.37 bits per heavy atom. The molecule has 1 atom stereocenters. The summed E-state index contributed by atoms with van der Waals surface area (Å²) in [5.74, 6) is -1.48. The summed E-state index contributed by atoms with van der Waals surface area (Å²) in [4.78, 5) is 0. The van der Waals surface area contributed by atoms with Crippen molar-refractivity contribution < 1.29 is 22.6 Å². The Bertz CT molecular complexity index is 416. The molecule has 0 aliphatic carbocycles. The van der Waals surface area contributed by atoms with E-state index < -0.39 is 18.2 Å². The Morgan fingerprint density at radius 2 is 2.05 bits per heavy atom. The van der Waals surface area contributed by atoms with Crippen molar-refractivity contribution in [2.45, 2.75) is 26.6 Å². The third-order valence-corrected chi connectivity index (χ3v) is 2.35. The Labute approximate surface area is 109 Å². The first-order valence-corrected chi connectivity index (χ1v) is 5.83. The largest absolute Gasteiger partial charge is 0.432 e. The standard InChI is InChI=1S/C12H17F3N2O2/c1-3-18-7(2)6-17-10-5-11(19-12(14)15)8(13)4-9(10)16/h4-5,7,12,17H,3,6,16H2,1-2H3. The third kappa shape index (κ3) is 4.86. The van der Waals surface area contributed by atoms with Crippen LogP contribution >= 0.6 is 0 Å². The topological polar surface area (TPSA) is 56.5 Å². The summed E-state index contributed by atoms with van der Waals surface area (Å²) in [6, 6.07) is 2.04. The maximum Gasteiger partial charge on any atom is 0.387 e. The first-order valence-electron chi connectivity index (χ1n) is 5.83. The van der Waals surface area contributed by atoms with E-state index in [0.29, 0.717) is 18.8 Å². The number of nitrogens with one attached hydrogen (secondary N) is 1. The van der Waals surface area contributed by atoms with E-state index in [1.54, 1.807) is 0 Å². The molecule has 0 saturated heterocycles. The van der Waals surface area contributed by atoms with Crippen LogP contribution < -0.4 is 15.8 Å². The normalized spacial score (nSPS) is 12.5. The molecule has 0 amide bonds. The number of halogens is 3. The number of nitrogen functional groups attached to an aromatic ring is 1. The van der Waals surface area contributed by atoms with Crippen LogP contribution in [-0.4, -0.2) is 25.9 Å². The number of anilines is 2. The van der Waals surface area contributed by atoms with Crippen molar-refractivity contribution >= 4 is 11.4 Å². The molecule has 0 spiro atoms. The second kappa shape index (κ2) is 7.08. The van der Waals surface area contributed by atoms with E-state index in [0.717, 1.165) is 12.1 Å². The summed E-state index contributed by atoms with van der Waals surface area (Å²) in [7, 11) is 0. The molecule has 0 heterocycles. The molecule has 1 unspecified atom stereocenters. The van der Waals surface area contributed by atoms with Crippen molar-refractivity contribution in [3.05, 3.63) is 17.9 Å². The Kier molecular flexibility index (Phi) is 5.75. The maximum atomic E-state index is 13.3. The van der Waals surface area contributed by atoms with E-state index in [9.17, 15) is 13.2 Å². The van der Waals surface area contributed by atoms with E-state index in [1.807, 2.05) is 13.8 Å². The molecule has 19 heavy (non-hydrogen) atoms. The molecule has 4 nitrogen and oxygen atoms in total. The van der Waals surface area contributed by atoms with Crippen LogP contribution in [0.2, 0.25) is 0 Å². The average Bonchev–Trinajstić information content (AvgIpc) is 2.31. The van der Waals surface area contributed by atoms with E-state index >= 15 is 0 Å². The second-order valence-electron chi connectivity index (χ2n) is 3.90. The van der Waals surface area contributed by atoms with Crippen LogP contribution in [0.5, 0.6) is 5.75 Å². The monoisotopic (exact) mass is 278 g/mol. The molecule has 1 aromatic rings. The van der Waals surface area contributed by atoms with Crippen LogP contribution in [0.25, 0.3) is 0 Å². The number of hydrogen-bond donors (Lipinski definition) is 2. The summed E-state index contributed by atoms with van der Waals surface area (Å²) in [6.07, 6.45) is -0.0890. The smallest absolute Gasteiger partial charge is 0.387 e. The van der Waals surface area contributed by atoms with Crippen LogP contribution in [0.3, 0.4) is 0 Å². The molecule has 0 radical (unpaired) electrons. The van der Waals surface area contributed by atoms with Gasteiger partial charge in [-0.15, -0.1) is 0 Å². The van der Waals surface area contributed by atoms with Gasteiger partial charge in [0.05, 0.1) is 17.5 Å². The van der Waals surface area contributed by atoms with Gasteiger partial charge in [0.15, 0.2) is 11.6 Å². The molecule has 3 N–H and O–H groups in total. The van der Waals surface area contributed by atoms with Gasteiger partial charge >= 0.3 is 6.61 Å². The molecule has 1 rings (SSSR count). The Morgan fingerprint density at radius 3 is 2.63 bits per heavy atom. The number of ether oxygens (including phenoxy) is 2. The lowest BCUT2D eigenvalue weighted by atomic mass is 10.2. The highest BCUT2D eigenvalue weighted by Crippen LogP contribution is 2.29. The second-order valence-corrected chi connectivity index (χ2v) is 3.90. The molecular weight excluding hydrogens is 261 g/mol. The summed E-state index contributed by atoms with van der Waals surface area (Å²) >= 11 is 0. The van der Waals surface area contributed by atoms with Gasteiger partial charge in [0, 0.05) is 25.3 Å². The summed E-state index contributed by atoms with van der Waals surface area (Å²) in [6.45, 7) is 1.58. The Hall–Kier alpha value is -1.63. The lowest BCUT2D eigenvalue weighted by Crippen LogP contribution is -2.20. The molecular formula is C12H17F3N2O2. The molecule has 0 bridgehead atoms. The van der Waals surface area contributed by atoms with Gasteiger partial charge in [-0.05, 0) is 13.8 Å². The van der Waals surface area contributed by atoms with Gasteiger partial charge in [0.2, 0.25) is 0 Å². The summed E-state index contributed by atoms with van der Waals surface area (Å²) in [5.41, 5.74) is 6.03. The van der Waals surface area contributed by atoms with Gasteiger partial charge in [-0.3, -0.25) is 0 Å². The van der Waals surface area contributed by atoms with Gasteiger partial charge in [-0.2, -0.15) is 8.78 Å². The van der Waals surface area contributed by atoms with E-state index in [4.69, 9.17) is 10.5 Å². The SMILES string of the molecule is CCOC(C)CNc1cc(OC(F)F)c(F)cc1N. The summed E-state index contributed by atoms with van der Waals surface area (Å²) in [5, 5.41) is 2.90. The lowest BCUT2D eigenvalue weighted by molar-refractivity contribution is -0.0521. The van der Waals surface area contributed by atoms with E-state index in [-0.39, 0.29) is 11.8 Å². The maximum absolute atomic E-state index is 13.3. The molecule has 0 aliphatic heterocycles. The van der Waals surface area contributed by atoms with Gasteiger partial charge in [-0.25, -0.2) is 4.39 Å². The van der Waals surface area contributed by atoms with Crippen LogP contribution in [0.1, 0.15) is 13.8 Å². The zero-order valence-electron chi connectivity index (χ0n) is 10.8. The number of benzene rings is 1. The van der Waals surface area contributed by atoms with Crippen molar-refractivity contribution in [1.29, 1.82) is 0 Å². The third-order valence-electron chi connectivity index (χ3n) is 2.35.